The summed E-state index contributed by atoms with van der Waals surface area (Å²) in [6, 6.07) is 4.06. The molecule has 1 aromatic rings. The second-order valence-electron chi connectivity index (χ2n) is 5.38. The van der Waals surface area contributed by atoms with Crippen LogP contribution in [-0.4, -0.2) is 25.5 Å². The van der Waals surface area contributed by atoms with Crippen LogP contribution in [0.4, 0.5) is 0 Å². The van der Waals surface area contributed by atoms with Gasteiger partial charge in [0.15, 0.2) is 0 Å². The molecule has 1 saturated carbocycles. The van der Waals surface area contributed by atoms with E-state index in [2.05, 4.69) is 4.72 Å². The van der Waals surface area contributed by atoms with Gasteiger partial charge in [0.1, 0.15) is 0 Å². The molecule has 0 radical (unpaired) electrons. The van der Waals surface area contributed by atoms with E-state index in [0.717, 1.165) is 19.3 Å². The molecule has 0 bridgehead atoms. The van der Waals surface area contributed by atoms with Crippen molar-refractivity contribution in [1.29, 1.82) is 0 Å². The van der Waals surface area contributed by atoms with E-state index in [1.54, 1.807) is 6.92 Å². The fourth-order valence-corrected chi connectivity index (χ4v) is 3.69. The van der Waals surface area contributed by atoms with Crippen LogP contribution in [0.2, 0.25) is 0 Å². The third-order valence-electron chi connectivity index (χ3n) is 3.95. The van der Waals surface area contributed by atoms with Crippen LogP contribution in [0.25, 0.3) is 0 Å². The lowest BCUT2D eigenvalue weighted by Gasteiger charge is -2.31. The molecule has 110 valence electrons. The lowest BCUT2D eigenvalue weighted by Crippen LogP contribution is -2.40. The van der Waals surface area contributed by atoms with E-state index in [-0.39, 0.29) is 16.5 Å². The van der Waals surface area contributed by atoms with Gasteiger partial charge in [0, 0.05) is 6.04 Å². The number of rotatable bonds is 5. The van der Waals surface area contributed by atoms with Crippen LogP contribution < -0.4 is 4.72 Å². The van der Waals surface area contributed by atoms with E-state index < -0.39 is 16.0 Å². The number of carbonyl (C=O) groups is 1. The average molecular weight is 297 g/mol. The maximum atomic E-state index is 12.3. The molecular formula is C14H19NO4S. The van der Waals surface area contributed by atoms with Crippen LogP contribution in [0.3, 0.4) is 0 Å². The summed E-state index contributed by atoms with van der Waals surface area (Å²) in [4.78, 5) is 11.1. The summed E-state index contributed by atoms with van der Waals surface area (Å²) in [6.45, 7) is 3.50. The van der Waals surface area contributed by atoms with E-state index in [4.69, 9.17) is 5.11 Å². The van der Waals surface area contributed by atoms with Crippen molar-refractivity contribution in [2.45, 2.75) is 44.0 Å². The summed E-state index contributed by atoms with van der Waals surface area (Å²) >= 11 is 0. The number of carboxylic acids is 1. The first kappa shape index (κ1) is 15.0. The van der Waals surface area contributed by atoms with Crippen molar-refractivity contribution in [1.82, 2.24) is 4.72 Å². The number of sulfonamides is 1. The Labute approximate surface area is 119 Å². The molecule has 0 spiro atoms. The van der Waals surface area contributed by atoms with Crippen molar-refractivity contribution in [3.8, 4) is 0 Å². The minimum Gasteiger partial charge on any atom is -0.478 e. The Hall–Kier alpha value is -1.40. The molecule has 1 fully saturated rings. The zero-order valence-electron chi connectivity index (χ0n) is 11.6. The molecule has 1 aliphatic rings. The fraction of sp³-hybridized carbons (Fsp3) is 0.500. The van der Waals surface area contributed by atoms with E-state index in [1.165, 1.54) is 18.2 Å². The van der Waals surface area contributed by atoms with Gasteiger partial charge in [-0.25, -0.2) is 17.9 Å². The number of carboxylic acid groups (broad SMARTS) is 1. The van der Waals surface area contributed by atoms with Gasteiger partial charge < -0.3 is 5.11 Å². The SMILES string of the molecule is Cc1ccc(S(=O)(=O)NC(C)C2CCC2)cc1C(=O)O. The monoisotopic (exact) mass is 297 g/mol. The standard InChI is InChI=1S/C14H19NO4S/c1-9-6-7-12(8-13(9)14(16)17)20(18,19)15-10(2)11-4-3-5-11/h6-8,10-11,15H,3-5H2,1-2H3,(H,16,17). The van der Waals surface area contributed by atoms with Gasteiger partial charge in [-0.1, -0.05) is 12.5 Å². The van der Waals surface area contributed by atoms with E-state index in [0.29, 0.717) is 11.5 Å². The van der Waals surface area contributed by atoms with Crippen LogP contribution in [0.5, 0.6) is 0 Å². The Kier molecular flexibility index (Phi) is 4.15. The Morgan fingerprint density at radius 1 is 1.40 bits per heavy atom. The second-order valence-corrected chi connectivity index (χ2v) is 7.10. The first-order valence-corrected chi connectivity index (χ1v) is 8.16. The number of nitrogens with one attached hydrogen (secondary N) is 1. The Bertz CT molecular complexity index is 620. The molecule has 20 heavy (non-hydrogen) atoms. The minimum absolute atomic E-state index is 0.00618. The third kappa shape index (κ3) is 3.02. The topological polar surface area (TPSA) is 83.5 Å². The van der Waals surface area contributed by atoms with Gasteiger partial charge in [-0.2, -0.15) is 0 Å². The molecule has 2 rings (SSSR count). The van der Waals surface area contributed by atoms with E-state index >= 15 is 0 Å². The Balaban J connectivity index is 2.24. The first-order chi connectivity index (χ1) is 9.31. The molecule has 6 heteroatoms. The molecule has 1 aliphatic carbocycles. The van der Waals surface area contributed by atoms with E-state index in [1.807, 2.05) is 6.92 Å². The summed E-state index contributed by atoms with van der Waals surface area (Å²) < 4.78 is 27.2. The zero-order valence-corrected chi connectivity index (χ0v) is 12.4. The molecule has 1 atom stereocenters. The third-order valence-corrected chi connectivity index (χ3v) is 5.50. The molecular weight excluding hydrogens is 278 g/mol. The maximum Gasteiger partial charge on any atom is 0.335 e. The normalized spacial score (nSPS) is 17.5. The zero-order chi connectivity index (χ0) is 14.9. The first-order valence-electron chi connectivity index (χ1n) is 6.67. The molecule has 1 aromatic carbocycles. The molecule has 0 heterocycles. The van der Waals surface area contributed by atoms with Gasteiger partial charge in [0.05, 0.1) is 10.5 Å². The summed E-state index contributed by atoms with van der Waals surface area (Å²) in [5, 5.41) is 9.06. The van der Waals surface area contributed by atoms with E-state index in [9.17, 15) is 13.2 Å². The maximum absolute atomic E-state index is 12.3. The van der Waals surface area contributed by atoms with Crippen molar-refractivity contribution >= 4 is 16.0 Å². The molecule has 0 aromatic heterocycles. The minimum atomic E-state index is -3.67. The van der Waals surface area contributed by atoms with Crippen LogP contribution >= 0.6 is 0 Å². The van der Waals surface area contributed by atoms with Gasteiger partial charge in [-0.3, -0.25) is 0 Å². The molecule has 0 amide bonds. The summed E-state index contributed by atoms with van der Waals surface area (Å²) in [6.07, 6.45) is 3.22. The summed E-state index contributed by atoms with van der Waals surface area (Å²) in [5.74, 6) is -0.735. The van der Waals surface area contributed by atoms with Gasteiger partial charge in [-0.05, 0) is 50.3 Å². The van der Waals surface area contributed by atoms with Crippen molar-refractivity contribution < 1.29 is 18.3 Å². The number of aromatic carboxylic acids is 1. The van der Waals surface area contributed by atoms with Crippen LogP contribution in [0.1, 0.15) is 42.1 Å². The highest BCUT2D eigenvalue weighted by Gasteiger charge is 2.28. The number of aryl methyl sites for hydroxylation is 1. The van der Waals surface area contributed by atoms with Crippen molar-refractivity contribution in [2.75, 3.05) is 0 Å². The predicted molar refractivity (Wildman–Crippen MR) is 75.3 cm³/mol. The number of hydrogen-bond donors (Lipinski definition) is 2. The molecule has 5 nitrogen and oxygen atoms in total. The van der Waals surface area contributed by atoms with Gasteiger partial charge >= 0.3 is 5.97 Å². The molecule has 0 aliphatic heterocycles. The predicted octanol–water partition coefficient (Wildman–Crippen LogP) is 2.16. The van der Waals surface area contributed by atoms with Gasteiger partial charge in [-0.15, -0.1) is 0 Å². The average Bonchev–Trinajstić information content (AvgIpc) is 2.25. The Morgan fingerprint density at radius 3 is 2.55 bits per heavy atom. The van der Waals surface area contributed by atoms with Crippen LogP contribution in [-0.2, 0) is 10.0 Å². The quantitative estimate of drug-likeness (QED) is 0.872. The highest BCUT2D eigenvalue weighted by molar-refractivity contribution is 7.89. The highest BCUT2D eigenvalue weighted by atomic mass is 32.2. The van der Waals surface area contributed by atoms with Crippen molar-refractivity contribution in [3.05, 3.63) is 29.3 Å². The number of benzene rings is 1. The number of hydrogen-bond acceptors (Lipinski definition) is 3. The lowest BCUT2D eigenvalue weighted by atomic mass is 9.81. The summed E-state index contributed by atoms with van der Waals surface area (Å²) in [5.41, 5.74) is 0.563. The largest absolute Gasteiger partial charge is 0.478 e. The highest BCUT2D eigenvalue weighted by Crippen LogP contribution is 2.30. The molecule has 0 saturated heterocycles. The lowest BCUT2D eigenvalue weighted by molar-refractivity contribution is 0.0696. The van der Waals surface area contributed by atoms with Gasteiger partial charge in [0.25, 0.3) is 0 Å². The Morgan fingerprint density at radius 2 is 2.05 bits per heavy atom. The van der Waals surface area contributed by atoms with Crippen molar-refractivity contribution in [2.24, 2.45) is 5.92 Å². The van der Waals surface area contributed by atoms with Crippen LogP contribution in [0, 0.1) is 12.8 Å². The van der Waals surface area contributed by atoms with Gasteiger partial charge in [0.2, 0.25) is 10.0 Å². The summed E-state index contributed by atoms with van der Waals surface area (Å²) in [7, 11) is -3.67. The molecule has 2 N–H and O–H groups in total. The fourth-order valence-electron chi connectivity index (χ4n) is 2.35. The molecule has 1 unspecified atom stereocenters. The second kappa shape index (κ2) is 5.54. The van der Waals surface area contributed by atoms with Crippen LogP contribution in [0.15, 0.2) is 23.1 Å². The van der Waals surface area contributed by atoms with Crippen molar-refractivity contribution in [3.63, 3.8) is 0 Å². The smallest absolute Gasteiger partial charge is 0.335 e.